The monoisotopic (exact) mass is 384 g/mol. The van der Waals surface area contributed by atoms with Crippen molar-refractivity contribution in [3.8, 4) is 5.75 Å². The molecule has 1 atom stereocenters. The highest BCUT2D eigenvalue weighted by Crippen LogP contribution is 2.26. The van der Waals surface area contributed by atoms with Crippen LogP contribution in [0.2, 0.25) is 0 Å². The maximum absolute atomic E-state index is 12.7. The molecule has 2 heterocycles. The second kappa shape index (κ2) is 9.73. The van der Waals surface area contributed by atoms with Crippen molar-refractivity contribution in [1.82, 2.24) is 19.4 Å². The number of ether oxygens (including phenoxy) is 1. The van der Waals surface area contributed by atoms with Crippen LogP contribution in [-0.4, -0.2) is 65.6 Å². The first-order valence-corrected chi connectivity index (χ1v) is 10.2. The molecule has 1 amide bonds. The topological polar surface area (TPSA) is 50.6 Å². The summed E-state index contributed by atoms with van der Waals surface area (Å²) in [5.41, 5.74) is 1.13. The second-order valence-electron chi connectivity index (χ2n) is 7.92. The van der Waals surface area contributed by atoms with E-state index in [2.05, 4.69) is 34.7 Å². The number of likely N-dealkylation sites (tertiary alicyclic amines) is 1. The van der Waals surface area contributed by atoms with Crippen molar-refractivity contribution in [1.29, 1.82) is 0 Å². The van der Waals surface area contributed by atoms with E-state index >= 15 is 0 Å². The number of carbonyl (C=O) groups is 1. The van der Waals surface area contributed by atoms with E-state index in [4.69, 9.17) is 4.74 Å². The summed E-state index contributed by atoms with van der Waals surface area (Å²) >= 11 is 0. The molecule has 1 aromatic carbocycles. The van der Waals surface area contributed by atoms with Crippen molar-refractivity contribution in [2.45, 2.75) is 38.6 Å². The number of hydrogen-bond donors (Lipinski definition) is 0. The highest BCUT2D eigenvalue weighted by atomic mass is 16.5. The normalized spacial score (nSPS) is 17.1. The quantitative estimate of drug-likeness (QED) is 0.702. The third-order valence-electron chi connectivity index (χ3n) is 5.24. The summed E-state index contributed by atoms with van der Waals surface area (Å²) < 4.78 is 7.97. The van der Waals surface area contributed by atoms with Gasteiger partial charge in [-0.05, 0) is 64.5 Å². The van der Waals surface area contributed by atoms with Gasteiger partial charge >= 0.3 is 0 Å². The minimum absolute atomic E-state index is 0.0527. The van der Waals surface area contributed by atoms with Crippen LogP contribution in [0.3, 0.4) is 0 Å². The first kappa shape index (κ1) is 20.4. The molecule has 6 heteroatoms. The van der Waals surface area contributed by atoms with Gasteiger partial charge in [0.1, 0.15) is 11.6 Å². The fourth-order valence-corrected chi connectivity index (χ4v) is 3.78. The Balaban J connectivity index is 1.55. The van der Waals surface area contributed by atoms with Crippen LogP contribution < -0.4 is 4.74 Å². The maximum atomic E-state index is 12.7. The molecule has 1 saturated heterocycles. The zero-order chi connectivity index (χ0) is 19.9. The number of carbonyl (C=O) groups excluding carboxylic acids is 1. The van der Waals surface area contributed by atoms with E-state index in [1.807, 2.05) is 42.3 Å². The Labute approximate surface area is 168 Å². The smallest absolute Gasteiger partial charge is 0.260 e. The fraction of sp³-hybridized carbons (Fsp3) is 0.545. The van der Waals surface area contributed by atoms with Gasteiger partial charge in [-0.1, -0.05) is 12.1 Å². The van der Waals surface area contributed by atoms with Gasteiger partial charge in [0.15, 0.2) is 6.61 Å². The maximum Gasteiger partial charge on any atom is 0.260 e. The molecule has 28 heavy (non-hydrogen) atoms. The van der Waals surface area contributed by atoms with E-state index < -0.39 is 0 Å². The van der Waals surface area contributed by atoms with Gasteiger partial charge in [-0.15, -0.1) is 0 Å². The zero-order valence-electron chi connectivity index (χ0n) is 17.3. The SMILES string of the molecule is Cc1cccc(OCC(=O)N2CCC[C@@H](c3nccn3CCCN(C)C)C2)c1. The van der Waals surface area contributed by atoms with E-state index in [0.29, 0.717) is 5.92 Å². The molecule has 1 fully saturated rings. The van der Waals surface area contributed by atoms with Gasteiger partial charge in [0.25, 0.3) is 5.91 Å². The number of rotatable bonds is 8. The van der Waals surface area contributed by atoms with Crippen LogP contribution in [0.4, 0.5) is 0 Å². The highest BCUT2D eigenvalue weighted by Gasteiger charge is 2.27. The Hall–Kier alpha value is -2.34. The minimum Gasteiger partial charge on any atom is -0.484 e. The lowest BCUT2D eigenvalue weighted by atomic mass is 9.97. The summed E-state index contributed by atoms with van der Waals surface area (Å²) in [7, 11) is 4.19. The number of imidazole rings is 1. The van der Waals surface area contributed by atoms with Crippen molar-refractivity contribution in [2.24, 2.45) is 0 Å². The molecule has 0 N–H and O–H groups in total. The van der Waals surface area contributed by atoms with Crippen LogP contribution >= 0.6 is 0 Å². The largest absolute Gasteiger partial charge is 0.484 e. The lowest BCUT2D eigenvalue weighted by molar-refractivity contribution is -0.134. The first-order chi connectivity index (χ1) is 13.5. The molecule has 0 radical (unpaired) electrons. The van der Waals surface area contributed by atoms with Crippen LogP contribution in [0.25, 0.3) is 0 Å². The van der Waals surface area contributed by atoms with Gasteiger partial charge in [0.2, 0.25) is 0 Å². The van der Waals surface area contributed by atoms with E-state index in [0.717, 1.165) is 62.6 Å². The van der Waals surface area contributed by atoms with Gasteiger partial charge in [0.05, 0.1) is 0 Å². The van der Waals surface area contributed by atoms with Gasteiger partial charge in [0, 0.05) is 37.9 Å². The molecule has 0 saturated carbocycles. The zero-order valence-corrected chi connectivity index (χ0v) is 17.3. The Morgan fingerprint density at radius 1 is 1.36 bits per heavy atom. The van der Waals surface area contributed by atoms with Gasteiger partial charge in [-0.25, -0.2) is 4.98 Å². The molecule has 3 rings (SSSR count). The number of nitrogens with zero attached hydrogens (tertiary/aromatic N) is 4. The van der Waals surface area contributed by atoms with E-state index in [9.17, 15) is 4.79 Å². The van der Waals surface area contributed by atoms with Crippen molar-refractivity contribution in [3.05, 3.63) is 48.0 Å². The molecule has 152 valence electrons. The number of benzene rings is 1. The molecular weight excluding hydrogens is 352 g/mol. The predicted octanol–water partition coefficient (Wildman–Crippen LogP) is 2.93. The molecule has 1 aliphatic rings. The fourth-order valence-electron chi connectivity index (χ4n) is 3.78. The minimum atomic E-state index is 0.0527. The summed E-state index contributed by atoms with van der Waals surface area (Å²) in [6.07, 6.45) is 7.12. The third kappa shape index (κ3) is 5.58. The van der Waals surface area contributed by atoms with Crippen LogP contribution in [0, 0.1) is 6.92 Å². The summed E-state index contributed by atoms with van der Waals surface area (Å²) in [4.78, 5) is 21.4. The van der Waals surface area contributed by atoms with Gasteiger partial charge in [-0.3, -0.25) is 4.79 Å². The molecule has 1 aliphatic heterocycles. The molecule has 2 aromatic rings. The number of hydrogen-bond acceptors (Lipinski definition) is 4. The van der Waals surface area contributed by atoms with Crippen molar-refractivity contribution < 1.29 is 9.53 Å². The molecule has 0 aliphatic carbocycles. The molecule has 6 nitrogen and oxygen atoms in total. The van der Waals surface area contributed by atoms with Crippen LogP contribution in [0.15, 0.2) is 36.7 Å². The standard InChI is InChI=1S/C22H32N4O2/c1-18-7-4-9-20(15-18)28-17-21(27)26-12-5-8-19(16-26)22-23-10-14-25(22)13-6-11-24(2)3/h4,7,9-10,14-15,19H,5-6,8,11-13,16-17H2,1-3H3/t19-/m1/s1. The number of amides is 1. The lowest BCUT2D eigenvalue weighted by Gasteiger charge is -2.32. The van der Waals surface area contributed by atoms with Crippen molar-refractivity contribution >= 4 is 5.91 Å². The Morgan fingerprint density at radius 3 is 3.00 bits per heavy atom. The number of aromatic nitrogens is 2. The summed E-state index contributed by atoms with van der Waals surface area (Å²) in [5, 5.41) is 0. The summed E-state index contributed by atoms with van der Waals surface area (Å²) in [6.45, 7) is 5.66. The molecule has 0 spiro atoms. The molecule has 0 unspecified atom stereocenters. The number of piperidine rings is 1. The summed E-state index contributed by atoms with van der Waals surface area (Å²) in [6, 6.07) is 7.81. The summed E-state index contributed by atoms with van der Waals surface area (Å²) in [5.74, 6) is 2.21. The van der Waals surface area contributed by atoms with Crippen molar-refractivity contribution in [2.75, 3.05) is 40.3 Å². The average molecular weight is 385 g/mol. The Kier molecular flexibility index (Phi) is 7.09. The van der Waals surface area contributed by atoms with Gasteiger partial charge < -0.3 is 19.1 Å². The van der Waals surface area contributed by atoms with Crippen LogP contribution in [-0.2, 0) is 11.3 Å². The van der Waals surface area contributed by atoms with E-state index in [1.165, 1.54) is 0 Å². The predicted molar refractivity (Wildman–Crippen MR) is 111 cm³/mol. The third-order valence-corrected chi connectivity index (χ3v) is 5.24. The van der Waals surface area contributed by atoms with E-state index in [1.54, 1.807) is 0 Å². The highest BCUT2D eigenvalue weighted by molar-refractivity contribution is 5.78. The first-order valence-electron chi connectivity index (χ1n) is 10.2. The van der Waals surface area contributed by atoms with E-state index in [-0.39, 0.29) is 12.5 Å². The molecule has 0 bridgehead atoms. The Morgan fingerprint density at radius 2 is 2.21 bits per heavy atom. The van der Waals surface area contributed by atoms with Crippen molar-refractivity contribution in [3.63, 3.8) is 0 Å². The second-order valence-corrected chi connectivity index (χ2v) is 7.92. The lowest BCUT2D eigenvalue weighted by Crippen LogP contribution is -2.42. The average Bonchev–Trinajstić information content (AvgIpc) is 3.14. The van der Waals surface area contributed by atoms with Crippen LogP contribution in [0.5, 0.6) is 5.75 Å². The Bertz CT molecular complexity index is 771. The van der Waals surface area contributed by atoms with Crippen LogP contribution in [0.1, 0.15) is 36.6 Å². The number of aryl methyl sites for hydroxylation is 2. The van der Waals surface area contributed by atoms with Gasteiger partial charge in [-0.2, -0.15) is 0 Å². The molecular formula is C22H32N4O2. The molecule has 1 aromatic heterocycles.